The summed E-state index contributed by atoms with van der Waals surface area (Å²) in [5.41, 5.74) is 14.1. The maximum atomic E-state index is 12.4. The van der Waals surface area contributed by atoms with Gasteiger partial charge in [-0.2, -0.15) is 0 Å². The number of carbonyl (C=O) groups excluding carboxylic acids is 1. The molecule has 0 heterocycles. The van der Waals surface area contributed by atoms with Crippen molar-refractivity contribution < 1.29 is 4.79 Å². The van der Waals surface area contributed by atoms with Gasteiger partial charge in [0.2, 0.25) is 5.91 Å². The molecule has 2 aromatic rings. The summed E-state index contributed by atoms with van der Waals surface area (Å²) in [4.78, 5) is 12.4. The summed E-state index contributed by atoms with van der Waals surface area (Å²) in [5.74, 6) is 0.449. The van der Waals surface area contributed by atoms with Crippen LogP contribution in [0.1, 0.15) is 36.8 Å². The molecule has 4 nitrogen and oxygen atoms in total. The van der Waals surface area contributed by atoms with Gasteiger partial charge in [-0.1, -0.05) is 60.7 Å². The van der Waals surface area contributed by atoms with E-state index in [2.05, 4.69) is 53.8 Å². The fourth-order valence-electron chi connectivity index (χ4n) is 3.27. The minimum absolute atomic E-state index is 0.0639. The molecule has 0 saturated heterocycles. The smallest absolute Gasteiger partial charge is 0.220 e. The molecule has 0 aliphatic rings. The van der Waals surface area contributed by atoms with E-state index < -0.39 is 0 Å². The van der Waals surface area contributed by atoms with E-state index in [0.29, 0.717) is 25.4 Å². The second-order valence-electron chi connectivity index (χ2n) is 7.26. The molecule has 1 atom stereocenters. The predicted molar refractivity (Wildman–Crippen MR) is 112 cm³/mol. The van der Waals surface area contributed by atoms with Crippen LogP contribution in [0.4, 0.5) is 0 Å². The van der Waals surface area contributed by atoms with Crippen LogP contribution in [-0.4, -0.2) is 25.0 Å². The van der Waals surface area contributed by atoms with Crippen LogP contribution < -0.4 is 16.8 Å². The number of benzene rings is 2. The average molecular weight is 368 g/mol. The molecule has 0 saturated carbocycles. The third-order valence-corrected chi connectivity index (χ3v) is 4.94. The van der Waals surface area contributed by atoms with Crippen LogP contribution in [0.3, 0.4) is 0 Å². The van der Waals surface area contributed by atoms with Crippen LogP contribution >= 0.6 is 0 Å². The number of hydrogen-bond donors (Lipinski definition) is 3. The Kier molecular flexibility index (Phi) is 9.60. The lowest BCUT2D eigenvalue weighted by Crippen LogP contribution is -2.39. The molecule has 0 spiro atoms. The molecule has 0 aromatic heterocycles. The van der Waals surface area contributed by atoms with Gasteiger partial charge >= 0.3 is 0 Å². The fraction of sp³-hybridized carbons (Fsp3) is 0.435. The second kappa shape index (κ2) is 12.3. The average Bonchev–Trinajstić information content (AvgIpc) is 2.70. The zero-order valence-electron chi connectivity index (χ0n) is 16.1. The molecule has 0 bridgehead atoms. The third-order valence-electron chi connectivity index (χ3n) is 4.94. The van der Waals surface area contributed by atoms with Gasteiger partial charge in [0, 0.05) is 19.0 Å². The molecule has 2 rings (SSSR count). The van der Waals surface area contributed by atoms with Crippen molar-refractivity contribution in [1.82, 2.24) is 5.32 Å². The summed E-state index contributed by atoms with van der Waals surface area (Å²) < 4.78 is 0. The van der Waals surface area contributed by atoms with E-state index in [1.807, 2.05) is 12.1 Å². The highest BCUT2D eigenvalue weighted by Gasteiger charge is 2.15. The van der Waals surface area contributed by atoms with Gasteiger partial charge in [0.15, 0.2) is 0 Å². The summed E-state index contributed by atoms with van der Waals surface area (Å²) in [6.07, 6.45) is 5.31. The molecule has 0 aliphatic carbocycles. The molecule has 146 valence electrons. The van der Waals surface area contributed by atoms with Gasteiger partial charge in [-0.25, -0.2) is 0 Å². The number of hydrogen-bond acceptors (Lipinski definition) is 3. The topological polar surface area (TPSA) is 81.1 Å². The lowest BCUT2D eigenvalue weighted by molar-refractivity contribution is -0.122. The summed E-state index contributed by atoms with van der Waals surface area (Å²) in [7, 11) is 0. The maximum Gasteiger partial charge on any atom is 0.220 e. The number of rotatable bonds is 12. The Hall–Kier alpha value is -2.17. The highest BCUT2D eigenvalue weighted by Crippen LogP contribution is 2.20. The van der Waals surface area contributed by atoms with Crippen molar-refractivity contribution in [2.45, 2.75) is 44.6 Å². The zero-order valence-corrected chi connectivity index (χ0v) is 16.1. The van der Waals surface area contributed by atoms with E-state index in [1.54, 1.807) is 0 Å². The first-order valence-electron chi connectivity index (χ1n) is 9.97. The number of aryl methyl sites for hydroxylation is 2. The van der Waals surface area contributed by atoms with Gasteiger partial charge in [0.25, 0.3) is 0 Å². The van der Waals surface area contributed by atoms with Gasteiger partial charge in [-0.15, -0.1) is 0 Å². The Balaban J connectivity index is 1.86. The van der Waals surface area contributed by atoms with E-state index in [0.717, 1.165) is 32.1 Å². The lowest BCUT2D eigenvalue weighted by Gasteiger charge is -2.18. The molecule has 0 unspecified atom stereocenters. The molecular weight excluding hydrogens is 334 g/mol. The largest absolute Gasteiger partial charge is 0.355 e. The normalized spacial score (nSPS) is 12.1. The second-order valence-corrected chi connectivity index (χ2v) is 7.26. The first kappa shape index (κ1) is 21.1. The van der Waals surface area contributed by atoms with Crippen LogP contribution in [0, 0.1) is 5.92 Å². The summed E-state index contributed by atoms with van der Waals surface area (Å²) in [6.45, 7) is 1.05. The zero-order chi connectivity index (χ0) is 19.3. The molecule has 0 aliphatic heterocycles. The van der Waals surface area contributed by atoms with Crippen molar-refractivity contribution in [1.29, 1.82) is 0 Å². The molecule has 0 fully saturated rings. The van der Waals surface area contributed by atoms with Crippen LogP contribution in [0.25, 0.3) is 0 Å². The lowest BCUT2D eigenvalue weighted by atomic mass is 9.90. The SMILES string of the molecule is NCC[C@H](N)CNC(=O)CC(CCc1ccccc1)CCc1ccccc1. The van der Waals surface area contributed by atoms with Crippen molar-refractivity contribution >= 4 is 5.91 Å². The van der Waals surface area contributed by atoms with Crippen LogP contribution in [0.15, 0.2) is 60.7 Å². The van der Waals surface area contributed by atoms with Crippen molar-refractivity contribution in [3.05, 3.63) is 71.8 Å². The van der Waals surface area contributed by atoms with Gasteiger partial charge in [-0.05, 0) is 55.7 Å². The first-order valence-corrected chi connectivity index (χ1v) is 9.97. The predicted octanol–water partition coefficient (Wildman–Crippen LogP) is 3.05. The van der Waals surface area contributed by atoms with E-state index in [9.17, 15) is 4.79 Å². The minimum Gasteiger partial charge on any atom is -0.355 e. The maximum absolute atomic E-state index is 12.4. The molecule has 1 amide bonds. The van der Waals surface area contributed by atoms with Crippen molar-refractivity contribution in [3.8, 4) is 0 Å². The number of nitrogens with one attached hydrogen (secondary N) is 1. The van der Waals surface area contributed by atoms with Crippen LogP contribution in [0.5, 0.6) is 0 Å². The van der Waals surface area contributed by atoms with Crippen molar-refractivity contribution in [3.63, 3.8) is 0 Å². The van der Waals surface area contributed by atoms with Gasteiger partial charge in [0.1, 0.15) is 0 Å². The molecular formula is C23H33N3O. The Morgan fingerprint density at radius 3 is 1.85 bits per heavy atom. The Bertz CT molecular complexity index is 602. The highest BCUT2D eigenvalue weighted by atomic mass is 16.1. The fourth-order valence-corrected chi connectivity index (χ4v) is 3.27. The molecule has 0 radical (unpaired) electrons. The van der Waals surface area contributed by atoms with Crippen molar-refractivity contribution in [2.75, 3.05) is 13.1 Å². The number of nitrogens with two attached hydrogens (primary N) is 2. The molecule has 2 aromatic carbocycles. The minimum atomic E-state index is -0.0639. The monoisotopic (exact) mass is 367 g/mol. The summed E-state index contributed by atoms with van der Waals surface area (Å²) in [6, 6.07) is 20.9. The third kappa shape index (κ3) is 8.85. The molecule has 5 N–H and O–H groups in total. The van der Waals surface area contributed by atoms with E-state index in [-0.39, 0.29) is 11.9 Å². The van der Waals surface area contributed by atoms with Crippen LogP contribution in [0.2, 0.25) is 0 Å². The molecule has 4 heteroatoms. The Morgan fingerprint density at radius 1 is 0.852 bits per heavy atom. The first-order chi connectivity index (χ1) is 13.2. The Labute approximate surface area is 163 Å². The quantitative estimate of drug-likeness (QED) is 0.539. The van der Waals surface area contributed by atoms with E-state index >= 15 is 0 Å². The molecule has 27 heavy (non-hydrogen) atoms. The van der Waals surface area contributed by atoms with Gasteiger partial charge in [0.05, 0.1) is 0 Å². The number of amides is 1. The van der Waals surface area contributed by atoms with Crippen LogP contribution in [-0.2, 0) is 17.6 Å². The van der Waals surface area contributed by atoms with Gasteiger partial charge in [-0.3, -0.25) is 4.79 Å². The van der Waals surface area contributed by atoms with E-state index in [1.165, 1.54) is 11.1 Å². The van der Waals surface area contributed by atoms with Gasteiger partial charge < -0.3 is 16.8 Å². The Morgan fingerprint density at radius 2 is 1.37 bits per heavy atom. The van der Waals surface area contributed by atoms with Crippen molar-refractivity contribution in [2.24, 2.45) is 17.4 Å². The van der Waals surface area contributed by atoms with E-state index in [4.69, 9.17) is 11.5 Å². The highest BCUT2D eigenvalue weighted by molar-refractivity contribution is 5.76. The summed E-state index contributed by atoms with van der Waals surface area (Å²) in [5, 5.41) is 2.97. The standard InChI is InChI=1S/C23H33N3O/c24-16-15-22(25)18-26-23(27)17-21(13-11-19-7-3-1-4-8-19)14-12-20-9-5-2-6-10-20/h1-10,21-22H,11-18,24-25H2,(H,26,27)/t22-/m0/s1. The summed E-state index contributed by atoms with van der Waals surface area (Å²) >= 11 is 0. The number of carbonyl (C=O) groups is 1.